The number of halogens is 1. The molecule has 0 aliphatic heterocycles. The molecule has 0 aliphatic carbocycles. The van der Waals surface area contributed by atoms with Crippen molar-refractivity contribution in [2.45, 2.75) is 13.3 Å². The van der Waals surface area contributed by atoms with Crippen LogP contribution in [0.5, 0.6) is 0 Å². The Morgan fingerprint density at radius 3 is 2.67 bits per heavy atom. The summed E-state index contributed by atoms with van der Waals surface area (Å²) in [6.07, 6.45) is 0.951. The highest BCUT2D eigenvalue weighted by Crippen LogP contribution is 2.28. The minimum absolute atomic E-state index is 0.685. The fraction of sp³-hybridized carbons (Fsp3) is 0.176. The second kappa shape index (κ2) is 5.70. The van der Waals surface area contributed by atoms with Gasteiger partial charge in [0.25, 0.3) is 0 Å². The smallest absolute Gasteiger partial charge is 0.162 e. The van der Waals surface area contributed by atoms with Crippen LogP contribution in [0.25, 0.3) is 22.3 Å². The van der Waals surface area contributed by atoms with E-state index in [9.17, 15) is 0 Å². The maximum Gasteiger partial charge on any atom is 0.162 e. The van der Waals surface area contributed by atoms with Crippen molar-refractivity contribution in [3.63, 3.8) is 0 Å². The summed E-state index contributed by atoms with van der Waals surface area (Å²) in [6.45, 7) is 2.14. The molecule has 106 valence electrons. The molecule has 0 unspecified atom stereocenters. The molecule has 1 heterocycles. The lowest BCUT2D eigenvalue weighted by atomic mass is 10.0. The predicted octanol–water partition coefficient (Wildman–Crippen LogP) is 4.55. The minimum Gasteiger partial charge on any atom is -0.373 e. The summed E-state index contributed by atoms with van der Waals surface area (Å²) in [5, 5.41) is 4.75. The molecule has 0 fully saturated rings. The Morgan fingerprint density at radius 1 is 1.10 bits per heavy atom. The lowest BCUT2D eigenvalue weighted by Gasteiger charge is -2.11. The molecule has 2 aromatic carbocycles. The van der Waals surface area contributed by atoms with E-state index < -0.39 is 0 Å². The Balaban J connectivity index is 2.27. The summed E-state index contributed by atoms with van der Waals surface area (Å²) in [4.78, 5) is 9.35. The maximum absolute atomic E-state index is 6.07. The number of hydrogen-bond acceptors (Lipinski definition) is 3. The van der Waals surface area contributed by atoms with E-state index in [0.29, 0.717) is 5.02 Å². The van der Waals surface area contributed by atoms with Crippen LogP contribution < -0.4 is 5.32 Å². The van der Waals surface area contributed by atoms with Crippen molar-refractivity contribution < 1.29 is 0 Å². The molecule has 1 N–H and O–H groups in total. The third kappa shape index (κ3) is 2.57. The van der Waals surface area contributed by atoms with E-state index in [0.717, 1.165) is 34.5 Å². The van der Waals surface area contributed by atoms with Gasteiger partial charge in [-0.2, -0.15) is 0 Å². The molecule has 0 spiro atoms. The van der Waals surface area contributed by atoms with E-state index in [2.05, 4.69) is 29.4 Å². The Morgan fingerprint density at radius 2 is 1.90 bits per heavy atom. The summed E-state index contributed by atoms with van der Waals surface area (Å²) in [5.41, 5.74) is 3.21. The molecular weight excluding hydrogens is 282 g/mol. The topological polar surface area (TPSA) is 37.8 Å². The first-order valence-electron chi connectivity index (χ1n) is 6.96. The SMILES string of the molecule is CCc1ccccc1-c1nc(NC)c2cc(Cl)ccc2n1. The number of benzene rings is 2. The summed E-state index contributed by atoms with van der Waals surface area (Å²) in [5.74, 6) is 1.54. The van der Waals surface area contributed by atoms with E-state index in [-0.39, 0.29) is 0 Å². The Kier molecular flexibility index (Phi) is 3.76. The zero-order valence-electron chi connectivity index (χ0n) is 12.0. The molecule has 0 saturated heterocycles. The monoisotopic (exact) mass is 297 g/mol. The molecule has 4 heteroatoms. The number of fused-ring (bicyclic) bond motifs is 1. The molecule has 0 radical (unpaired) electrons. The highest BCUT2D eigenvalue weighted by Gasteiger charge is 2.11. The Labute approximate surface area is 129 Å². The van der Waals surface area contributed by atoms with Gasteiger partial charge < -0.3 is 5.32 Å². The predicted molar refractivity (Wildman–Crippen MR) is 88.9 cm³/mol. The van der Waals surface area contributed by atoms with E-state index in [1.807, 2.05) is 37.4 Å². The summed E-state index contributed by atoms with van der Waals surface area (Å²) in [7, 11) is 1.86. The van der Waals surface area contributed by atoms with Crippen LogP contribution in [0.15, 0.2) is 42.5 Å². The van der Waals surface area contributed by atoms with Gasteiger partial charge in [-0.3, -0.25) is 0 Å². The fourth-order valence-corrected chi connectivity index (χ4v) is 2.63. The molecule has 0 bridgehead atoms. The number of nitrogens with zero attached hydrogens (tertiary/aromatic N) is 2. The summed E-state index contributed by atoms with van der Waals surface area (Å²) >= 11 is 6.07. The van der Waals surface area contributed by atoms with Crippen molar-refractivity contribution >= 4 is 28.3 Å². The zero-order chi connectivity index (χ0) is 14.8. The van der Waals surface area contributed by atoms with Crippen molar-refractivity contribution in [2.24, 2.45) is 0 Å². The standard InChI is InChI=1S/C17H16ClN3/c1-3-11-6-4-5-7-13(11)17-20-15-9-8-12(18)10-14(15)16(19-2)21-17/h4-10H,3H2,1-2H3,(H,19,20,21). The molecule has 3 rings (SSSR count). The second-order valence-corrected chi connectivity index (χ2v) is 5.25. The van der Waals surface area contributed by atoms with Gasteiger partial charge in [-0.05, 0) is 30.2 Å². The van der Waals surface area contributed by atoms with Crippen LogP contribution in [-0.2, 0) is 6.42 Å². The number of nitrogens with one attached hydrogen (secondary N) is 1. The average molecular weight is 298 g/mol. The van der Waals surface area contributed by atoms with Crippen LogP contribution in [0.4, 0.5) is 5.82 Å². The van der Waals surface area contributed by atoms with Crippen molar-refractivity contribution in [1.82, 2.24) is 9.97 Å². The number of aromatic nitrogens is 2. The van der Waals surface area contributed by atoms with Crippen LogP contribution >= 0.6 is 11.6 Å². The van der Waals surface area contributed by atoms with Crippen molar-refractivity contribution in [1.29, 1.82) is 0 Å². The van der Waals surface area contributed by atoms with Gasteiger partial charge in [0.05, 0.1) is 5.52 Å². The van der Waals surface area contributed by atoms with Gasteiger partial charge >= 0.3 is 0 Å². The van der Waals surface area contributed by atoms with Crippen molar-refractivity contribution in [2.75, 3.05) is 12.4 Å². The second-order valence-electron chi connectivity index (χ2n) is 4.82. The highest BCUT2D eigenvalue weighted by atomic mass is 35.5. The molecule has 0 amide bonds. The first-order chi connectivity index (χ1) is 10.2. The quantitative estimate of drug-likeness (QED) is 0.770. The van der Waals surface area contributed by atoms with Crippen LogP contribution in [0, 0.1) is 0 Å². The first kappa shape index (κ1) is 13.8. The molecule has 3 nitrogen and oxygen atoms in total. The third-order valence-corrected chi connectivity index (χ3v) is 3.77. The van der Waals surface area contributed by atoms with Gasteiger partial charge in [-0.25, -0.2) is 9.97 Å². The lowest BCUT2D eigenvalue weighted by Crippen LogP contribution is -2.00. The molecule has 3 aromatic rings. The number of hydrogen-bond donors (Lipinski definition) is 1. The van der Waals surface area contributed by atoms with Crippen molar-refractivity contribution in [3.05, 3.63) is 53.1 Å². The van der Waals surface area contributed by atoms with Crippen LogP contribution in [-0.4, -0.2) is 17.0 Å². The fourth-order valence-electron chi connectivity index (χ4n) is 2.46. The average Bonchev–Trinajstić information content (AvgIpc) is 2.53. The van der Waals surface area contributed by atoms with E-state index >= 15 is 0 Å². The molecular formula is C17H16ClN3. The summed E-state index contributed by atoms with van der Waals surface area (Å²) in [6, 6.07) is 13.9. The molecule has 0 saturated carbocycles. The van der Waals surface area contributed by atoms with Gasteiger partial charge in [0.1, 0.15) is 5.82 Å². The van der Waals surface area contributed by atoms with Gasteiger partial charge in [-0.1, -0.05) is 42.8 Å². The van der Waals surface area contributed by atoms with Gasteiger partial charge in [0.2, 0.25) is 0 Å². The number of aryl methyl sites for hydroxylation is 1. The van der Waals surface area contributed by atoms with Crippen LogP contribution in [0.2, 0.25) is 5.02 Å². The van der Waals surface area contributed by atoms with Crippen LogP contribution in [0.1, 0.15) is 12.5 Å². The summed E-state index contributed by atoms with van der Waals surface area (Å²) < 4.78 is 0. The van der Waals surface area contributed by atoms with Crippen molar-refractivity contribution in [3.8, 4) is 11.4 Å². The zero-order valence-corrected chi connectivity index (χ0v) is 12.8. The van der Waals surface area contributed by atoms with E-state index in [1.54, 1.807) is 0 Å². The molecule has 0 atom stereocenters. The van der Waals surface area contributed by atoms with Crippen LogP contribution in [0.3, 0.4) is 0 Å². The number of rotatable bonds is 3. The number of anilines is 1. The van der Waals surface area contributed by atoms with Gasteiger partial charge in [-0.15, -0.1) is 0 Å². The normalized spacial score (nSPS) is 10.8. The van der Waals surface area contributed by atoms with E-state index in [1.165, 1.54) is 5.56 Å². The Hall–Kier alpha value is -2.13. The third-order valence-electron chi connectivity index (χ3n) is 3.53. The Bertz CT molecular complexity index is 799. The lowest BCUT2D eigenvalue weighted by molar-refractivity contribution is 1.12. The van der Waals surface area contributed by atoms with Gasteiger partial charge in [0.15, 0.2) is 5.82 Å². The molecule has 0 aliphatic rings. The minimum atomic E-state index is 0.685. The molecule has 1 aromatic heterocycles. The largest absolute Gasteiger partial charge is 0.373 e. The van der Waals surface area contributed by atoms with Gasteiger partial charge in [0, 0.05) is 23.0 Å². The van der Waals surface area contributed by atoms with E-state index in [4.69, 9.17) is 16.6 Å². The first-order valence-corrected chi connectivity index (χ1v) is 7.34. The highest BCUT2D eigenvalue weighted by molar-refractivity contribution is 6.31. The molecule has 21 heavy (non-hydrogen) atoms. The maximum atomic E-state index is 6.07.